The van der Waals surface area contributed by atoms with Gasteiger partial charge in [0, 0.05) is 12.1 Å². The average molecular weight is 223 g/mol. The lowest BCUT2D eigenvalue weighted by Gasteiger charge is -1.97. The van der Waals surface area contributed by atoms with E-state index in [0.717, 1.165) is 0 Å². The summed E-state index contributed by atoms with van der Waals surface area (Å²) in [6.07, 6.45) is 0. The van der Waals surface area contributed by atoms with E-state index in [1.165, 1.54) is 12.1 Å². The molecule has 0 saturated carbocycles. The minimum atomic E-state index is -0.0764. The van der Waals surface area contributed by atoms with E-state index in [0.29, 0.717) is 12.1 Å². The molecule has 0 heterocycles. The lowest BCUT2D eigenvalue weighted by molar-refractivity contribution is -0.117. The van der Waals surface area contributed by atoms with Crippen molar-refractivity contribution in [3.63, 3.8) is 0 Å². The van der Waals surface area contributed by atoms with Crippen LogP contribution >= 0.6 is 0 Å². The number of hydrogen-bond acceptors (Lipinski definition) is 3. The highest BCUT2D eigenvalue weighted by Gasteiger charge is 1.95. The normalized spacial score (nSPS) is 8.62. The molecular weight excluding hydrogens is 206 g/mol. The van der Waals surface area contributed by atoms with Gasteiger partial charge in [-0.2, -0.15) is 0 Å². The second-order valence-electron chi connectivity index (χ2n) is 3.13. The number of hydrogen-bond donors (Lipinski definition) is 3. The molecule has 1 aromatic rings. The fraction of sp³-hybridized carbons (Fsp3) is 0.250. The van der Waals surface area contributed by atoms with Crippen LogP contribution in [0, 0.1) is 0 Å². The minimum absolute atomic E-state index is 0.0625. The molecule has 0 aromatic heterocycles. The van der Waals surface area contributed by atoms with Crippen LogP contribution in [-0.2, 0) is 4.79 Å². The predicted molar refractivity (Wildman–Crippen MR) is 63.3 cm³/mol. The number of benzene rings is 1. The van der Waals surface area contributed by atoms with E-state index in [1.54, 1.807) is 19.1 Å². The highest BCUT2D eigenvalue weighted by Crippen LogP contribution is 2.21. The molecule has 4 nitrogen and oxygen atoms in total. The van der Waals surface area contributed by atoms with Crippen LogP contribution in [0.25, 0.3) is 0 Å². The Hall–Kier alpha value is -1.97. The molecule has 0 atom stereocenters. The Morgan fingerprint density at radius 2 is 1.75 bits per heavy atom. The third-order valence-corrected chi connectivity index (χ3v) is 1.61. The van der Waals surface area contributed by atoms with E-state index in [-0.39, 0.29) is 17.4 Å². The van der Waals surface area contributed by atoms with Gasteiger partial charge >= 0.3 is 0 Å². The minimum Gasteiger partial charge on any atom is -0.504 e. The number of para-hydroxylation sites is 2. The summed E-state index contributed by atoms with van der Waals surface area (Å²) < 4.78 is 0. The standard InChI is InChI=1S/C6H11NO.C6H6O2/c1-4-7-6(8)5(2)3;7-5-3-1-2-4-6(5)8/h2,4H2,1,3H3,(H,7,8);1-4,7-8H. The monoisotopic (exact) mass is 223 g/mol. The van der Waals surface area contributed by atoms with Gasteiger partial charge in [0.25, 0.3) is 0 Å². The van der Waals surface area contributed by atoms with E-state index in [1.807, 2.05) is 6.92 Å². The summed E-state index contributed by atoms with van der Waals surface area (Å²) in [4.78, 5) is 10.5. The van der Waals surface area contributed by atoms with Crippen LogP contribution in [0.4, 0.5) is 0 Å². The quantitative estimate of drug-likeness (QED) is 0.529. The van der Waals surface area contributed by atoms with Crippen molar-refractivity contribution in [3.8, 4) is 11.5 Å². The fourth-order valence-corrected chi connectivity index (χ4v) is 0.776. The van der Waals surface area contributed by atoms with Crippen molar-refractivity contribution in [2.75, 3.05) is 6.54 Å². The maximum atomic E-state index is 10.5. The summed E-state index contributed by atoms with van der Waals surface area (Å²) >= 11 is 0. The molecule has 0 bridgehead atoms. The van der Waals surface area contributed by atoms with E-state index in [2.05, 4.69) is 11.9 Å². The SMILES string of the molecule is C=C(C)C(=O)NCC.Oc1ccccc1O. The van der Waals surface area contributed by atoms with Crippen LogP contribution in [-0.4, -0.2) is 22.7 Å². The summed E-state index contributed by atoms with van der Waals surface area (Å²) in [7, 11) is 0. The predicted octanol–water partition coefficient (Wildman–Crippen LogP) is 1.80. The van der Waals surface area contributed by atoms with Gasteiger partial charge < -0.3 is 15.5 Å². The van der Waals surface area contributed by atoms with Crippen LogP contribution in [0.1, 0.15) is 13.8 Å². The number of phenolic OH excluding ortho intramolecular Hbond substituents is 2. The van der Waals surface area contributed by atoms with Gasteiger partial charge in [-0.25, -0.2) is 0 Å². The molecule has 1 amide bonds. The number of carbonyl (C=O) groups is 1. The first-order chi connectivity index (χ1) is 7.49. The van der Waals surface area contributed by atoms with Crippen LogP contribution in [0.5, 0.6) is 11.5 Å². The molecule has 0 unspecified atom stereocenters. The topological polar surface area (TPSA) is 69.6 Å². The Morgan fingerprint density at radius 1 is 1.31 bits per heavy atom. The second kappa shape index (κ2) is 7.34. The molecule has 0 saturated heterocycles. The zero-order chi connectivity index (χ0) is 12.6. The number of amides is 1. The van der Waals surface area contributed by atoms with Crippen LogP contribution in [0.2, 0.25) is 0 Å². The van der Waals surface area contributed by atoms with Crippen molar-refractivity contribution >= 4 is 5.91 Å². The van der Waals surface area contributed by atoms with Crippen LogP contribution in [0.3, 0.4) is 0 Å². The third kappa shape index (κ3) is 5.70. The van der Waals surface area contributed by atoms with Gasteiger partial charge in [-0.3, -0.25) is 4.79 Å². The molecule has 16 heavy (non-hydrogen) atoms. The maximum absolute atomic E-state index is 10.5. The summed E-state index contributed by atoms with van der Waals surface area (Å²) in [6.45, 7) is 7.70. The number of phenols is 2. The van der Waals surface area contributed by atoms with Crippen LogP contribution < -0.4 is 5.32 Å². The van der Waals surface area contributed by atoms with Gasteiger partial charge in [0.15, 0.2) is 11.5 Å². The van der Waals surface area contributed by atoms with Crippen LogP contribution in [0.15, 0.2) is 36.4 Å². The van der Waals surface area contributed by atoms with E-state index in [9.17, 15) is 4.79 Å². The van der Waals surface area contributed by atoms with E-state index < -0.39 is 0 Å². The molecule has 4 heteroatoms. The van der Waals surface area contributed by atoms with Gasteiger partial charge in [0.2, 0.25) is 5.91 Å². The van der Waals surface area contributed by atoms with Crippen molar-refractivity contribution in [1.82, 2.24) is 5.32 Å². The summed E-state index contributed by atoms with van der Waals surface area (Å²) in [6, 6.07) is 6.15. The first-order valence-corrected chi connectivity index (χ1v) is 4.89. The molecule has 0 radical (unpaired) electrons. The van der Waals surface area contributed by atoms with Gasteiger partial charge in [0.1, 0.15) is 0 Å². The molecule has 88 valence electrons. The first kappa shape index (κ1) is 14.0. The number of rotatable bonds is 2. The average Bonchev–Trinajstić information content (AvgIpc) is 2.24. The van der Waals surface area contributed by atoms with Crippen molar-refractivity contribution in [2.45, 2.75) is 13.8 Å². The van der Waals surface area contributed by atoms with Gasteiger partial charge in [-0.1, -0.05) is 18.7 Å². The lowest BCUT2D eigenvalue weighted by Crippen LogP contribution is -2.22. The highest BCUT2D eigenvalue weighted by molar-refractivity contribution is 5.91. The smallest absolute Gasteiger partial charge is 0.246 e. The van der Waals surface area contributed by atoms with E-state index in [4.69, 9.17) is 10.2 Å². The summed E-state index contributed by atoms with van der Waals surface area (Å²) in [5.41, 5.74) is 0.562. The second-order valence-corrected chi connectivity index (χ2v) is 3.13. The zero-order valence-corrected chi connectivity index (χ0v) is 9.53. The number of nitrogens with one attached hydrogen (secondary N) is 1. The maximum Gasteiger partial charge on any atom is 0.246 e. The molecular formula is C12H17NO3. The summed E-state index contributed by atoms with van der Waals surface area (Å²) in [5.74, 6) is -0.215. The first-order valence-electron chi connectivity index (χ1n) is 4.89. The Morgan fingerprint density at radius 3 is 1.94 bits per heavy atom. The van der Waals surface area contributed by atoms with Gasteiger partial charge in [0.05, 0.1) is 0 Å². The van der Waals surface area contributed by atoms with Crippen molar-refractivity contribution in [3.05, 3.63) is 36.4 Å². The number of aromatic hydroxyl groups is 2. The molecule has 0 aliphatic heterocycles. The Labute approximate surface area is 95.2 Å². The fourth-order valence-electron chi connectivity index (χ4n) is 0.776. The zero-order valence-electron chi connectivity index (χ0n) is 9.53. The van der Waals surface area contributed by atoms with Crippen molar-refractivity contribution in [2.24, 2.45) is 0 Å². The van der Waals surface area contributed by atoms with E-state index >= 15 is 0 Å². The van der Waals surface area contributed by atoms with Gasteiger partial charge in [-0.15, -0.1) is 0 Å². The Balaban J connectivity index is 0.000000281. The lowest BCUT2D eigenvalue weighted by atomic mass is 10.3. The highest BCUT2D eigenvalue weighted by atomic mass is 16.3. The third-order valence-electron chi connectivity index (χ3n) is 1.61. The largest absolute Gasteiger partial charge is 0.504 e. The molecule has 0 aliphatic carbocycles. The molecule has 0 aliphatic rings. The van der Waals surface area contributed by atoms with Crippen molar-refractivity contribution < 1.29 is 15.0 Å². The summed E-state index contributed by atoms with van der Waals surface area (Å²) in [5, 5.41) is 19.9. The molecule has 1 aromatic carbocycles. The number of likely N-dealkylation sites (N-methyl/N-ethyl adjacent to an activating group) is 1. The molecule has 0 fully saturated rings. The Bertz CT molecular complexity index is 340. The number of carbonyl (C=O) groups excluding carboxylic acids is 1. The Kier molecular flexibility index (Phi) is 6.43. The van der Waals surface area contributed by atoms with Crippen molar-refractivity contribution in [1.29, 1.82) is 0 Å². The van der Waals surface area contributed by atoms with Gasteiger partial charge in [-0.05, 0) is 26.0 Å². The molecule has 3 N–H and O–H groups in total. The molecule has 0 spiro atoms. The molecule has 1 rings (SSSR count).